The van der Waals surface area contributed by atoms with Gasteiger partial charge in [-0.15, -0.1) is 0 Å². The maximum Gasteiger partial charge on any atom is 0.0972 e. The van der Waals surface area contributed by atoms with Gasteiger partial charge in [0, 0.05) is 19.7 Å². The lowest BCUT2D eigenvalue weighted by Gasteiger charge is -2.22. The average molecular weight is 291 g/mol. The summed E-state index contributed by atoms with van der Waals surface area (Å²) >= 11 is 0. The minimum atomic E-state index is -1.14. The number of ether oxygens (including phenoxy) is 1. The van der Waals surface area contributed by atoms with Crippen molar-refractivity contribution in [3.8, 4) is 0 Å². The van der Waals surface area contributed by atoms with Crippen LogP contribution in [0, 0.1) is 5.92 Å². The molecule has 3 unspecified atom stereocenters. The van der Waals surface area contributed by atoms with Crippen LogP contribution in [0.1, 0.15) is 46.5 Å². The van der Waals surface area contributed by atoms with Crippen LogP contribution in [0.3, 0.4) is 0 Å². The SMILES string of the molecule is CCCCC(CC)COCC(O)CNCC(C)(O)CO. The highest BCUT2D eigenvalue weighted by molar-refractivity contribution is 4.74. The largest absolute Gasteiger partial charge is 0.393 e. The number of unbranched alkanes of at least 4 members (excludes halogenated alkanes) is 1. The van der Waals surface area contributed by atoms with Gasteiger partial charge in [-0.25, -0.2) is 0 Å². The molecular formula is C15H33NO4. The summed E-state index contributed by atoms with van der Waals surface area (Å²) in [6.07, 6.45) is 4.12. The first-order valence-electron chi connectivity index (χ1n) is 7.75. The van der Waals surface area contributed by atoms with E-state index >= 15 is 0 Å². The van der Waals surface area contributed by atoms with Crippen LogP contribution in [0.15, 0.2) is 0 Å². The number of hydrogen-bond acceptors (Lipinski definition) is 5. The lowest BCUT2D eigenvalue weighted by atomic mass is 10.0. The van der Waals surface area contributed by atoms with E-state index in [1.807, 2.05) is 0 Å². The summed E-state index contributed by atoms with van der Waals surface area (Å²) in [4.78, 5) is 0. The van der Waals surface area contributed by atoms with Gasteiger partial charge >= 0.3 is 0 Å². The molecule has 122 valence electrons. The van der Waals surface area contributed by atoms with Crippen molar-refractivity contribution in [2.45, 2.75) is 58.2 Å². The van der Waals surface area contributed by atoms with Gasteiger partial charge in [0.2, 0.25) is 0 Å². The second kappa shape index (κ2) is 11.5. The normalized spacial score (nSPS) is 17.7. The second-order valence-corrected chi connectivity index (χ2v) is 5.89. The highest BCUT2D eigenvalue weighted by atomic mass is 16.5. The van der Waals surface area contributed by atoms with Crippen molar-refractivity contribution in [3.05, 3.63) is 0 Å². The summed E-state index contributed by atoms with van der Waals surface area (Å²) < 4.78 is 5.55. The van der Waals surface area contributed by atoms with E-state index in [0.717, 1.165) is 6.42 Å². The summed E-state index contributed by atoms with van der Waals surface area (Å²) in [6, 6.07) is 0. The van der Waals surface area contributed by atoms with Crippen molar-refractivity contribution < 1.29 is 20.1 Å². The fourth-order valence-corrected chi connectivity index (χ4v) is 1.89. The fraction of sp³-hybridized carbons (Fsp3) is 1.00. The van der Waals surface area contributed by atoms with Crippen molar-refractivity contribution >= 4 is 0 Å². The number of hydrogen-bond donors (Lipinski definition) is 4. The molecule has 3 atom stereocenters. The molecule has 0 aromatic carbocycles. The van der Waals surface area contributed by atoms with Crippen molar-refractivity contribution in [3.63, 3.8) is 0 Å². The van der Waals surface area contributed by atoms with Crippen molar-refractivity contribution in [1.82, 2.24) is 5.32 Å². The third-order valence-corrected chi connectivity index (χ3v) is 3.43. The zero-order valence-corrected chi connectivity index (χ0v) is 13.3. The molecule has 0 aliphatic rings. The molecule has 20 heavy (non-hydrogen) atoms. The lowest BCUT2D eigenvalue weighted by molar-refractivity contribution is -0.00634. The molecule has 0 rings (SSSR count). The quantitative estimate of drug-likeness (QED) is 0.405. The van der Waals surface area contributed by atoms with Crippen LogP contribution < -0.4 is 5.32 Å². The van der Waals surface area contributed by atoms with Crippen LogP contribution in [0.2, 0.25) is 0 Å². The summed E-state index contributed by atoms with van der Waals surface area (Å²) in [5, 5.41) is 31.1. The molecule has 0 saturated carbocycles. The highest BCUT2D eigenvalue weighted by Crippen LogP contribution is 2.12. The predicted octanol–water partition coefficient (Wildman–Crippen LogP) is 0.913. The minimum Gasteiger partial charge on any atom is -0.393 e. The first-order valence-corrected chi connectivity index (χ1v) is 7.75. The molecule has 0 radical (unpaired) electrons. The lowest BCUT2D eigenvalue weighted by Crippen LogP contribution is -2.44. The Balaban J connectivity index is 3.64. The van der Waals surface area contributed by atoms with Crippen molar-refractivity contribution in [2.24, 2.45) is 5.92 Å². The average Bonchev–Trinajstić information content (AvgIpc) is 2.42. The molecule has 5 heteroatoms. The zero-order valence-electron chi connectivity index (χ0n) is 13.3. The molecule has 0 saturated heterocycles. The first-order chi connectivity index (χ1) is 9.45. The fourth-order valence-electron chi connectivity index (χ4n) is 1.89. The van der Waals surface area contributed by atoms with Crippen LogP contribution in [-0.2, 0) is 4.74 Å². The highest BCUT2D eigenvalue weighted by Gasteiger charge is 2.18. The third-order valence-electron chi connectivity index (χ3n) is 3.43. The van der Waals surface area contributed by atoms with Crippen LogP contribution in [0.5, 0.6) is 0 Å². The molecule has 5 nitrogen and oxygen atoms in total. The molecule has 0 heterocycles. The molecule has 0 aromatic heterocycles. The Bertz CT molecular complexity index is 224. The predicted molar refractivity (Wildman–Crippen MR) is 80.7 cm³/mol. The van der Waals surface area contributed by atoms with Gasteiger partial charge in [-0.2, -0.15) is 0 Å². The van der Waals surface area contributed by atoms with E-state index in [-0.39, 0.29) is 13.2 Å². The Kier molecular flexibility index (Phi) is 11.3. The molecular weight excluding hydrogens is 258 g/mol. The van der Waals surface area contributed by atoms with E-state index in [9.17, 15) is 10.2 Å². The van der Waals surface area contributed by atoms with Crippen molar-refractivity contribution in [2.75, 3.05) is 32.9 Å². The Morgan fingerprint density at radius 3 is 2.50 bits per heavy atom. The van der Waals surface area contributed by atoms with Gasteiger partial charge in [0.05, 0.1) is 24.9 Å². The monoisotopic (exact) mass is 291 g/mol. The Morgan fingerprint density at radius 1 is 1.25 bits per heavy atom. The van der Waals surface area contributed by atoms with Crippen LogP contribution in [0.4, 0.5) is 0 Å². The van der Waals surface area contributed by atoms with E-state index < -0.39 is 11.7 Å². The van der Waals surface area contributed by atoms with Gasteiger partial charge in [0.15, 0.2) is 0 Å². The maximum atomic E-state index is 9.75. The Morgan fingerprint density at radius 2 is 1.95 bits per heavy atom. The molecule has 0 fully saturated rings. The smallest absolute Gasteiger partial charge is 0.0972 e. The van der Waals surface area contributed by atoms with E-state index in [4.69, 9.17) is 9.84 Å². The molecule has 0 aromatic rings. The van der Waals surface area contributed by atoms with Gasteiger partial charge in [0.25, 0.3) is 0 Å². The molecule has 0 aliphatic carbocycles. The van der Waals surface area contributed by atoms with Crippen LogP contribution in [0.25, 0.3) is 0 Å². The van der Waals surface area contributed by atoms with E-state index in [1.165, 1.54) is 19.3 Å². The van der Waals surface area contributed by atoms with Crippen LogP contribution >= 0.6 is 0 Å². The molecule has 0 spiro atoms. The van der Waals surface area contributed by atoms with Gasteiger partial charge in [-0.05, 0) is 19.3 Å². The topological polar surface area (TPSA) is 82.0 Å². The van der Waals surface area contributed by atoms with E-state index in [2.05, 4.69) is 19.2 Å². The van der Waals surface area contributed by atoms with Gasteiger partial charge in [-0.3, -0.25) is 0 Å². The summed E-state index contributed by atoms with van der Waals surface area (Å²) in [7, 11) is 0. The molecule has 0 bridgehead atoms. The number of rotatable bonds is 13. The number of aliphatic hydroxyl groups excluding tert-OH is 2. The number of aliphatic hydroxyl groups is 3. The summed E-state index contributed by atoms with van der Waals surface area (Å²) in [5.74, 6) is 0.574. The minimum absolute atomic E-state index is 0.245. The van der Waals surface area contributed by atoms with Gasteiger partial charge in [-0.1, -0.05) is 33.1 Å². The molecule has 4 N–H and O–H groups in total. The van der Waals surface area contributed by atoms with E-state index in [0.29, 0.717) is 25.7 Å². The second-order valence-electron chi connectivity index (χ2n) is 5.89. The Hall–Kier alpha value is -0.200. The van der Waals surface area contributed by atoms with Gasteiger partial charge in [0.1, 0.15) is 0 Å². The molecule has 0 amide bonds. The first kappa shape index (κ1) is 19.8. The summed E-state index contributed by atoms with van der Waals surface area (Å²) in [6.45, 7) is 7.18. The van der Waals surface area contributed by atoms with Crippen molar-refractivity contribution in [1.29, 1.82) is 0 Å². The maximum absolute atomic E-state index is 9.75. The molecule has 0 aliphatic heterocycles. The Labute approximate surface area is 123 Å². The van der Waals surface area contributed by atoms with Gasteiger partial charge < -0.3 is 25.4 Å². The third kappa shape index (κ3) is 10.6. The van der Waals surface area contributed by atoms with E-state index in [1.54, 1.807) is 6.92 Å². The van der Waals surface area contributed by atoms with Crippen LogP contribution in [-0.4, -0.2) is 59.9 Å². The standard InChI is InChI=1S/C15H33NO4/c1-4-6-7-13(5-2)9-20-10-14(18)8-16-11-15(3,19)12-17/h13-14,16-19H,4-12H2,1-3H3. The number of nitrogens with one attached hydrogen (secondary N) is 1. The summed E-state index contributed by atoms with van der Waals surface area (Å²) in [5.41, 5.74) is -1.14. The zero-order chi connectivity index (χ0) is 15.4.